The molecule has 7 heteroatoms. The van der Waals surface area contributed by atoms with Crippen molar-refractivity contribution in [2.24, 2.45) is 0 Å². The number of fused-ring (bicyclic) bond motifs is 1. The van der Waals surface area contributed by atoms with Crippen LogP contribution in [-0.2, 0) is 22.0 Å². The third-order valence-electron chi connectivity index (χ3n) is 9.74. The minimum atomic E-state index is -1.73. The fraction of sp³-hybridized carbons (Fsp3) is 0.486. The molecule has 1 aliphatic heterocycles. The Balaban J connectivity index is 1.21. The van der Waals surface area contributed by atoms with Crippen LogP contribution < -0.4 is 9.80 Å². The van der Waals surface area contributed by atoms with E-state index in [-0.39, 0.29) is 11.0 Å². The lowest BCUT2D eigenvalue weighted by Crippen LogP contribution is -2.57. The summed E-state index contributed by atoms with van der Waals surface area (Å²) in [5.41, 5.74) is 8.15. The zero-order chi connectivity index (χ0) is 30.1. The number of pyridine rings is 1. The second kappa shape index (κ2) is 12.2. The molecule has 0 unspecified atom stereocenters. The van der Waals surface area contributed by atoms with Gasteiger partial charge in [-0.3, -0.25) is 4.98 Å². The lowest BCUT2D eigenvalue weighted by atomic mass is 9.79. The summed E-state index contributed by atoms with van der Waals surface area (Å²) in [6.45, 7) is 13.5. The van der Waals surface area contributed by atoms with E-state index < -0.39 is 8.32 Å². The molecular formula is C35H47N3O3Si. The summed E-state index contributed by atoms with van der Waals surface area (Å²) < 4.78 is 11.6. The highest BCUT2D eigenvalue weighted by atomic mass is 28.4. The van der Waals surface area contributed by atoms with E-state index in [0.29, 0.717) is 17.6 Å². The first-order valence-corrected chi connectivity index (χ1v) is 18.3. The number of hydrogen-bond donors (Lipinski definition) is 0. The van der Waals surface area contributed by atoms with E-state index in [2.05, 4.69) is 98.2 Å². The number of carbonyl (C=O) groups is 1. The van der Waals surface area contributed by atoms with E-state index in [1.807, 2.05) is 6.20 Å². The van der Waals surface area contributed by atoms with Crippen LogP contribution >= 0.6 is 0 Å². The van der Waals surface area contributed by atoms with Crippen molar-refractivity contribution in [1.29, 1.82) is 0 Å². The molecule has 2 aromatic carbocycles. The number of nitrogens with zero attached hydrogens (tertiary/aromatic N) is 3. The van der Waals surface area contributed by atoms with Crippen molar-refractivity contribution in [2.45, 2.75) is 83.0 Å². The molecule has 0 radical (unpaired) electrons. The summed E-state index contributed by atoms with van der Waals surface area (Å²) in [4.78, 5) is 21.2. The van der Waals surface area contributed by atoms with Crippen molar-refractivity contribution in [1.82, 2.24) is 4.98 Å². The Morgan fingerprint density at radius 1 is 1.07 bits per heavy atom. The van der Waals surface area contributed by atoms with Crippen molar-refractivity contribution in [3.8, 4) is 0 Å². The van der Waals surface area contributed by atoms with Gasteiger partial charge in [-0.2, -0.15) is 0 Å². The molecule has 1 fully saturated rings. The van der Waals surface area contributed by atoms with Gasteiger partial charge in [-0.1, -0.05) is 26.8 Å². The average molecular weight is 586 g/mol. The third-order valence-corrected chi connectivity index (χ3v) is 14.3. The van der Waals surface area contributed by atoms with E-state index in [9.17, 15) is 4.79 Å². The molecule has 0 N–H and O–H groups in total. The van der Waals surface area contributed by atoms with Gasteiger partial charge in [0.25, 0.3) is 0 Å². The van der Waals surface area contributed by atoms with Crippen LogP contribution in [-0.4, -0.2) is 52.6 Å². The van der Waals surface area contributed by atoms with Gasteiger partial charge < -0.3 is 19.0 Å². The number of ether oxygens (including phenoxy) is 1. The maximum absolute atomic E-state index is 12.2. The number of rotatable bonds is 9. The van der Waals surface area contributed by atoms with Gasteiger partial charge in [0.2, 0.25) is 0 Å². The topological polar surface area (TPSA) is 54.9 Å². The molecule has 3 aromatic rings. The van der Waals surface area contributed by atoms with E-state index in [1.165, 1.54) is 48.1 Å². The second-order valence-corrected chi connectivity index (χ2v) is 18.3. The van der Waals surface area contributed by atoms with Gasteiger partial charge in [-0.15, -0.1) is 0 Å². The molecule has 0 spiro atoms. The molecule has 0 amide bonds. The Morgan fingerprint density at radius 2 is 1.79 bits per heavy atom. The van der Waals surface area contributed by atoms with Crippen LogP contribution in [0.2, 0.25) is 18.1 Å². The first-order chi connectivity index (χ1) is 20.0. The largest absolute Gasteiger partial charge is 0.465 e. The predicted molar refractivity (Wildman–Crippen MR) is 175 cm³/mol. The summed E-state index contributed by atoms with van der Waals surface area (Å²) in [5, 5.41) is 0.243. The summed E-state index contributed by atoms with van der Waals surface area (Å²) in [6.07, 6.45) is 9.09. The molecule has 5 rings (SSSR count). The molecule has 0 saturated carbocycles. The molecular weight excluding hydrogens is 538 g/mol. The number of methoxy groups -OCH3 is 1. The lowest BCUT2D eigenvalue weighted by molar-refractivity contribution is 0.0599. The highest BCUT2D eigenvalue weighted by Crippen LogP contribution is 2.40. The van der Waals surface area contributed by atoms with Gasteiger partial charge in [0, 0.05) is 49.6 Å². The zero-order valence-corrected chi connectivity index (χ0v) is 27.4. The first-order valence-electron chi connectivity index (χ1n) is 15.4. The fourth-order valence-electron chi connectivity index (χ4n) is 6.03. The maximum atomic E-state index is 12.2. The van der Waals surface area contributed by atoms with Crippen LogP contribution in [0, 0.1) is 0 Å². The molecule has 42 heavy (non-hydrogen) atoms. The van der Waals surface area contributed by atoms with Crippen LogP contribution in [0.4, 0.5) is 17.1 Å². The Morgan fingerprint density at radius 3 is 2.48 bits per heavy atom. The minimum Gasteiger partial charge on any atom is -0.465 e. The molecule has 1 atom stereocenters. The Kier molecular flexibility index (Phi) is 8.81. The van der Waals surface area contributed by atoms with Gasteiger partial charge in [0.15, 0.2) is 8.32 Å². The Hall–Kier alpha value is -3.16. The number of carbonyl (C=O) groups excluding carboxylic acids is 1. The highest BCUT2D eigenvalue weighted by molar-refractivity contribution is 6.74. The third kappa shape index (κ3) is 6.42. The number of hydrogen-bond acceptors (Lipinski definition) is 6. The number of anilines is 3. The van der Waals surface area contributed by atoms with E-state index in [4.69, 9.17) is 9.16 Å². The summed E-state index contributed by atoms with van der Waals surface area (Å²) >= 11 is 0. The van der Waals surface area contributed by atoms with Gasteiger partial charge >= 0.3 is 5.97 Å². The Bertz CT molecular complexity index is 1390. The normalized spacial score (nSPS) is 17.4. The van der Waals surface area contributed by atoms with Crippen LogP contribution in [0.15, 0.2) is 60.9 Å². The van der Waals surface area contributed by atoms with Crippen LogP contribution in [0.3, 0.4) is 0 Å². The quantitative estimate of drug-likeness (QED) is 0.188. The van der Waals surface area contributed by atoms with E-state index >= 15 is 0 Å². The van der Waals surface area contributed by atoms with Gasteiger partial charge in [-0.25, -0.2) is 4.79 Å². The smallest absolute Gasteiger partial charge is 0.338 e. The monoisotopic (exact) mass is 585 g/mol. The van der Waals surface area contributed by atoms with Crippen LogP contribution in [0.1, 0.15) is 73.0 Å². The van der Waals surface area contributed by atoms with Crippen molar-refractivity contribution < 1.29 is 14.0 Å². The first kappa shape index (κ1) is 30.3. The SMILES string of the molecule is COC(=O)c1ccncc1CC[C@@H]1CCCc2cc(N(C)c3ccc(N4CC(O[Si](C)(C)C(C)(C)C)C4)cc3)ccc21. The molecule has 224 valence electrons. The molecule has 2 aliphatic rings. The van der Waals surface area contributed by atoms with Crippen LogP contribution in [0.5, 0.6) is 0 Å². The molecule has 0 bridgehead atoms. The highest BCUT2D eigenvalue weighted by Gasteiger charge is 2.42. The van der Waals surface area contributed by atoms with Gasteiger partial charge in [-0.05, 0) is 115 Å². The Labute approximate surface area is 253 Å². The summed E-state index contributed by atoms with van der Waals surface area (Å²) in [6, 6.07) is 17.7. The number of esters is 1. The minimum absolute atomic E-state index is 0.243. The van der Waals surface area contributed by atoms with Crippen molar-refractivity contribution in [3.05, 3.63) is 83.2 Å². The molecule has 2 heterocycles. The average Bonchev–Trinajstić information content (AvgIpc) is 2.96. The summed E-state index contributed by atoms with van der Waals surface area (Å²) in [5.74, 6) is 0.195. The maximum Gasteiger partial charge on any atom is 0.338 e. The van der Waals surface area contributed by atoms with E-state index in [1.54, 1.807) is 12.3 Å². The number of benzene rings is 2. The number of aryl methyl sites for hydroxylation is 2. The van der Waals surface area contributed by atoms with Crippen molar-refractivity contribution >= 4 is 31.3 Å². The fourth-order valence-corrected chi connectivity index (χ4v) is 7.36. The van der Waals surface area contributed by atoms with Crippen molar-refractivity contribution in [2.75, 3.05) is 37.0 Å². The molecule has 1 aliphatic carbocycles. The van der Waals surface area contributed by atoms with Gasteiger partial charge in [0.1, 0.15) is 0 Å². The summed E-state index contributed by atoms with van der Waals surface area (Å²) in [7, 11) is 1.86. The van der Waals surface area contributed by atoms with Crippen LogP contribution in [0.25, 0.3) is 0 Å². The van der Waals surface area contributed by atoms with E-state index in [0.717, 1.165) is 37.9 Å². The number of aromatic nitrogens is 1. The molecule has 6 nitrogen and oxygen atoms in total. The molecule has 1 saturated heterocycles. The van der Waals surface area contributed by atoms with Gasteiger partial charge in [0.05, 0.1) is 18.8 Å². The predicted octanol–water partition coefficient (Wildman–Crippen LogP) is 7.90. The zero-order valence-electron chi connectivity index (χ0n) is 26.4. The molecule has 1 aromatic heterocycles. The lowest BCUT2D eigenvalue weighted by Gasteiger charge is -2.47. The second-order valence-electron chi connectivity index (χ2n) is 13.5. The van der Waals surface area contributed by atoms with Crippen molar-refractivity contribution in [3.63, 3.8) is 0 Å². The standard InChI is InChI=1S/C35H47N3O3Si/c1-35(2,3)42(6,7)41-31-23-38(24-31)29-15-13-28(14-16-29)37(4)30-17-18-32-25(9-8-10-26(32)21-30)11-12-27-22-36-20-19-33(27)34(39)40-5/h13-22,25,31H,8-12,23-24H2,1-7H3/t25-/m0/s1.